The van der Waals surface area contributed by atoms with Crippen LogP contribution >= 0.6 is 0 Å². The molecule has 1 N–H and O–H groups in total. The predicted molar refractivity (Wildman–Crippen MR) is 41.6 cm³/mol. The van der Waals surface area contributed by atoms with Crippen molar-refractivity contribution in [3.8, 4) is 5.75 Å². The molecule has 5 nitrogen and oxygen atoms in total. The number of carboxylic acid groups (broad SMARTS) is 1. The van der Waals surface area contributed by atoms with Crippen LogP contribution in [0.15, 0.2) is 6.20 Å². The molecular formula is C7H7F3N2O3. The number of aromatic nitrogens is 2. The second kappa shape index (κ2) is 3.79. The summed E-state index contributed by atoms with van der Waals surface area (Å²) in [7, 11) is 0. The summed E-state index contributed by atoms with van der Waals surface area (Å²) < 4.78 is 41.8. The first kappa shape index (κ1) is 11.3. The lowest BCUT2D eigenvalue weighted by atomic mass is 10.4. The summed E-state index contributed by atoms with van der Waals surface area (Å²) >= 11 is 0. The third-order valence-corrected chi connectivity index (χ3v) is 1.52. The molecule has 1 aromatic heterocycles. The minimum Gasteiger partial charge on any atom is -0.449 e. The van der Waals surface area contributed by atoms with E-state index in [1.165, 1.54) is 0 Å². The SMILES string of the molecule is CCn1cc(OC(=O)O)c(C(F)(F)F)n1. The van der Waals surface area contributed by atoms with Gasteiger partial charge in [-0.3, -0.25) is 4.68 Å². The van der Waals surface area contributed by atoms with E-state index >= 15 is 0 Å². The summed E-state index contributed by atoms with van der Waals surface area (Å²) in [6.45, 7) is 1.75. The number of aryl methyl sites for hydroxylation is 1. The van der Waals surface area contributed by atoms with Crippen LogP contribution in [0.25, 0.3) is 0 Å². The van der Waals surface area contributed by atoms with Crippen LogP contribution in [-0.4, -0.2) is 21.0 Å². The summed E-state index contributed by atoms with van der Waals surface area (Å²) in [6, 6.07) is 0. The van der Waals surface area contributed by atoms with Crippen LogP contribution in [0.2, 0.25) is 0 Å². The van der Waals surface area contributed by atoms with Crippen molar-refractivity contribution < 1.29 is 27.8 Å². The largest absolute Gasteiger partial charge is 0.511 e. The fraction of sp³-hybridized carbons (Fsp3) is 0.429. The normalized spacial score (nSPS) is 11.5. The zero-order chi connectivity index (χ0) is 11.6. The van der Waals surface area contributed by atoms with Gasteiger partial charge >= 0.3 is 12.3 Å². The molecule has 0 spiro atoms. The standard InChI is InChI=1S/C7H7F3N2O3/c1-2-12-3-4(15-6(13)14)5(11-12)7(8,9)10/h3H,2H2,1H3,(H,13,14). The van der Waals surface area contributed by atoms with E-state index < -0.39 is 23.8 Å². The van der Waals surface area contributed by atoms with Crippen LogP contribution in [0.1, 0.15) is 12.6 Å². The number of hydrogen-bond acceptors (Lipinski definition) is 3. The molecule has 8 heteroatoms. The molecule has 1 rings (SSSR count). The van der Waals surface area contributed by atoms with Gasteiger partial charge in [0.15, 0.2) is 5.75 Å². The third-order valence-electron chi connectivity index (χ3n) is 1.52. The van der Waals surface area contributed by atoms with E-state index in [-0.39, 0.29) is 6.54 Å². The topological polar surface area (TPSA) is 64.3 Å². The van der Waals surface area contributed by atoms with Gasteiger partial charge in [0.1, 0.15) is 0 Å². The molecule has 15 heavy (non-hydrogen) atoms. The molecule has 0 saturated heterocycles. The summed E-state index contributed by atoms with van der Waals surface area (Å²) in [5.74, 6) is -0.808. The van der Waals surface area contributed by atoms with Crippen LogP contribution in [-0.2, 0) is 12.7 Å². The highest BCUT2D eigenvalue weighted by Gasteiger charge is 2.39. The number of alkyl halides is 3. The molecule has 0 aliphatic rings. The molecule has 1 heterocycles. The lowest BCUT2D eigenvalue weighted by Crippen LogP contribution is -2.11. The van der Waals surface area contributed by atoms with Gasteiger partial charge in [-0.15, -0.1) is 0 Å². The first-order valence-electron chi connectivity index (χ1n) is 3.90. The van der Waals surface area contributed by atoms with Gasteiger partial charge < -0.3 is 9.84 Å². The number of nitrogens with zero attached hydrogens (tertiary/aromatic N) is 2. The van der Waals surface area contributed by atoms with Gasteiger partial charge in [-0.25, -0.2) is 4.79 Å². The average molecular weight is 224 g/mol. The highest BCUT2D eigenvalue weighted by atomic mass is 19.4. The van der Waals surface area contributed by atoms with E-state index in [4.69, 9.17) is 5.11 Å². The summed E-state index contributed by atoms with van der Waals surface area (Å²) in [6.07, 6.45) is -5.65. The monoisotopic (exact) mass is 224 g/mol. The molecule has 0 aliphatic heterocycles. The van der Waals surface area contributed by atoms with Crippen molar-refractivity contribution in [2.75, 3.05) is 0 Å². The minimum absolute atomic E-state index is 0.187. The Morgan fingerprint density at radius 3 is 2.67 bits per heavy atom. The molecule has 0 saturated carbocycles. The lowest BCUT2D eigenvalue weighted by Gasteiger charge is -2.03. The summed E-state index contributed by atoms with van der Waals surface area (Å²) in [5.41, 5.74) is -1.34. The maximum absolute atomic E-state index is 12.3. The molecule has 0 unspecified atom stereocenters. The van der Waals surface area contributed by atoms with Crippen molar-refractivity contribution in [2.45, 2.75) is 19.6 Å². The maximum atomic E-state index is 12.3. The van der Waals surface area contributed by atoms with Crippen LogP contribution in [0.3, 0.4) is 0 Å². The van der Waals surface area contributed by atoms with Crippen molar-refractivity contribution in [3.63, 3.8) is 0 Å². The van der Waals surface area contributed by atoms with Crippen molar-refractivity contribution in [3.05, 3.63) is 11.9 Å². The van der Waals surface area contributed by atoms with Gasteiger partial charge in [-0.2, -0.15) is 18.3 Å². The van der Waals surface area contributed by atoms with Gasteiger partial charge in [0.25, 0.3) is 0 Å². The number of ether oxygens (including phenoxy) is 1. The molecule has 0 atom stereocenters. The van der Waals surface area contributed by atoms with Crippen molar-refractivity contribution in [1.82, 2.24) is 9.78 Å². The maximum Gasteiger partial charge on any atom is 0.511 e. The number of hydrogen-bond donors (Lipinski definition) is 1. The van der Waals surface area contributed by atoms with Gasteiger partial charge in [-0.1, -0.05) is 0 Å². The molecule has 0 radical (unpaired) electrons. The van der Waals surface area contributed by atoms with E-state index in [9.17, 15) is 18.0 Å². The minimum atomic E-state index is -4.73. The Kier molecular flexibility index (Phi) is 2.87. The molecule has 0 amide bonds. The Bertz CT molecular complexity index is 372. The molecule has 84 valence electrons. The Hall–Kier alpha value is -1.73. The van der Waals surface area contributed by atoms with E-state index in [0.29, 0.717) is 0 Å². The summed E-state index contributed by atoms with van der Waals surface area (Å²) in [5, 5.41) is 11.4. The van der Waals surface area contributed by atoms with E-state index in [0.717, 1.165) is 10.9 Å². The molecule has 0 aromatic carbocycles. The Balaban J connectivity index is 3.12. The van der Waals surface area contributed by atoms with Gasteiger partial charge in [0, 0.05) is 6.54 Å². The summed E-state index contributed by atoms with van der Waals surface area (Å²) in [4.78, 5) is 10.1. The Labute approximate surface area is 82.1 Å². The quantitative estimate of drug-likeness (QED) is 0.780. The fourth-order valence-electron chi connectivity index (χ4n) is 0.930. The molecule has 0 fully saturated rings. The van der Waals surface area contributed by atoms with Crippen molar-refractivity contribution in [2.24, 2.45) is 0 Å². The van der Waals surface area contributed by atoms with Crippen molar-refractivity contribution in [1.29, 1.82) is 0 Å². The van der Waals surface area contributed by atoms with Crippen LogP contribution in [0.4, 0.5) is 18.0 Å². The molecule has 0 bridgehead atoms. The first-order valence-corrected chi connectivity index (χ1v) is 3.90. The fourth-order valence-corrected chi connectivity index (χ4v) is 0.930. The van der Waals surface area contributed by atoms with E-state index in [2.05, 4.69) is 9.84 Å². The van der Waals surface area contributed by atoms with E-state index in [1.807, 2.05) is 0 Å². The van der Waals surface area contributed by atoms with Gasteiger partial charge in [0.05, 0.1) is 6.20 Å². The predicted octanol–water partition coefficient (Wildman–Crippen LogP) is 1.98. The zero-order valence-corrected chi connectivity index (χ0v) is 7.58. The smallest absolute Gasteiger partial charge is 0.449 e. The lowest BCUT2D eigenvalue weighted by molar-refractivity contribution is -0.142. The molecule has 0 aliphatic carbocycles. The average Bonchev–Trinajstić information content (AvgIpc) is 2.45. The molecular weight excluding hydrogens is 217 g/mol. The highest BCUT2D eigenvalue weighted by Crippen LogP contribution is 2.34. The Morgan fingerprint density at radius 2 is 2.27 bits per heavy atom. The second-order valence-corrected chi connectivity index (χ2v) is 2.56. The number of halogens is 3. The molecule has 1 aromatic rings. The third kappa shape index (κ3) is 2.61. The number of rotatable bonds is 2. The van der Waals surface area contributed by atoms with E-state index in [1.54, 1.807) is 6.92 Å². The zero-order valence-electron chi connectivity index (χ0n) is 7.58. The first-order chi connectivity index (χ1) is 6.84. The van der Waals surface area contributed by atoms with Crippen molar-refractivity contribution >= 4 is 6.16 Å². The highest BCUT2D eigenvalue weighted by molar-refractivity contribution is 5.61. The second-order valence-electron chi connectivity index (χ2n) is 2.56. The Morgan fingerprint density at radius 1 is 1.67 bits per heavy atom. The van der Waals surface area contributed by atoms with Crippen LogP contribution in [0, 0.1) is 0 Å². The van der Waals surface area contributed by atoms with Crippen LogP contribution < -0.4 is 4.74 Å². The van der Waals surface area contributed by atoms with Crippen LogP contribution in [0.5, 0.6) is 5.75 Å². The van der Waals surface area contributed by atoms with Gasteiger partial charge in [0.2, 0.25) is 5.69 Å². The number of carbonyl (C=O) groups is 1. The van der Waals surface area contributed by atoms with Gasteiger partial charge in [-0.05, 0) is 6.92 Å².